The summed E-state index contributed by atoms with van der Waals surface area (Å²) >= 11 is 0. The second kappa shape index (κ2) is 12.9. The van der Waals surface area contributed by atoms with Gasteiger partial charge in [0.25, 0.3) is 0 Å². The summed E-state index contributed by atoms with van der Waals surface area (Å²) < 4.78 is 20.2. The lowest BCUT2D eigenvalue weighted by Crippen LogP contribution is -2.33. The van der Waals surface area contributed by atoms with E-state index in [1.54, 1.807) is 26.5 Å². The third-order valence-electron chi connectivity index (χ3n) is 4.27. The average Bonchev–Trinajstić information content (AvgIpc) is 3.15. The van der Waals surface area contributed by atoms with Gasteiger partial charge in [-0.05, 0) is 41.0 Å². The van der Waals surface area contributed by atoms with Crippen molar-refractivity contribution in [2.45, 2.75) is 79.6 Å². The van der Waals surface area contributed by atoms with Crippen LogP contribution in [0.3, 0.4) is 0 Å². The first-order chi connectivity index (χ1) is 14.1. The molecule has 1 unspecified atom stereocenters. The molecule has 1 aliphatic rings. The normalized spacial score (nSPS) is 16.0. The highest BCUT2D eigenvalue weighted by atomic mass is 19.1. The van der Waals surface area contributed by atoms with Gasteiger partial charge in [-0.25, -0.2) is 24.0 Å². The second-order valence-electron chi connectivity index (χ2n) is 7.51. The number of nitrogens with zero attached hydrogens (tertiary/aromatic N) is 6. The Labute approximate surface area is 179 Å². The Hall–Kier alpha value is -2.55. The first kappa shape index (κ1) is 25.5. The number of rotatable bonds is 8. The number of fused-ring (bicyclic) bond motifs is 1. The Balaban J connectivity index is 0.000000329. The van der Waals surface area contributed by atoms with Crippen LogP contribution in [0.4, 0.5) is 4.39 Å². The highest BCUT2D eigenvalue weighted by molar-refractivity contribution is 5.88. The van der Waals surface area contributed by atoms with Crippen LogP contribution >= 0.6 is 0 Å². The molecule has 0 fully saturated rings. The number of ether oxygens (including phenoxy) is 1. The first-order valence-corrected chi connectivity index (χ1v) is 10.3. The first-order valence-electron chi connectivity index (χ1n) is 10.3. The summed E-state index contributed by atoms with van der Waals surface area (Å²) in [6.45, 7) is 17.5. The topological polar surface area (TPSA) is 93.9 Å². The van der Waals surface area contributed by atoms with Gasteiger partial charge in [0.2, 0.25) is 0 Å². The van der Waals surface area contributed by atoms with Crippen molar-refractivity contribution in [2.75, 3.05) is 6.54 Å². The van der Waals surface area contributed by atoms with Crippen LogP contribution in [-0.2, 0) is 17.8 Å². The van der Waals surface area contributed by atoms with Gasteiger partial charge in [0.05, 0.1) is 19.2 Å². The minimum Gasteiger partial charge on any atom is -0.493 e. The van der Waals surface area contributed by atoms with E-state index in [-0.39, 0.29) is 24.4 Å². The highest BCUT2D eigenvalue weighted by Gasteiger charge is 2.17. The molecule has 0 radical (unpaired) electrons. The summed E-state index contributed by atoms with van der Waals surface area (Å²) in [4.78, 5) is 14.8. The van der Waals surface area contributed by atoms with Crippen molar-refractivity contribution in [3.05, 3.63) is 36.1 Å². The van der Waals surface area contributed by atoms with Crippen molar-refractivity contribution >= 4 is 12.1 Å². The van der Waals surface area contributed by atoms with E-state index in [0.29, 0.717) is 12.3 Å². The van der Waals surface area contributed by atoms with Crippen molar-refractivity contribution < 1.29 is 9.13 Å². The summed E-state index contributed by atoms with van der Waals surface area (Å²) in [6, 6.07) is -0.157. The van der Waals surface area contributed by atoms with Crippen molar-refractivity contribution in [2.24, 2.45) is 15.7 Å². The molecule has 0 saturated heterocycles. The van der Waals surface area contributed by atoms with Gasteiger partial charge in [-0.3, -0.25) is 0 Å². The average molecular weight is 422 g/mol. The van der Waals surface area contributed by atoms with Crippen LogP contribution < -0.4 is 5.73 Å². The van der Waals surface area contributed by atoms with E-state index in [9.17, 15) is 4.39 Å². The van der Waals surface area contributed by atoms with Crippen LogP contribution in [0.15, 0.2) is 40.3 Å². The maximum Gasteiger partial charge on any atom is 0.146 e. The Morgan fingerprint density at radius 2 is 2.07 bits per heavy atom. The Kier molecular flexibility index (Phi) is 11.0. The summed E-state index contributed by atoms with van der Waals surface area (Å²) in [5.41, 5.74) is 6.49. The fourth-order valence-corrected chi connectivity index (χ4v) is 2.49. The van der Waals surface area contributed by atoms with Crippen molar-refractivity contribution in [3.63, 3.8) is 0 Å². The SMILES string of the molecule is C/C(OC(C)C)=C(/F)CC(C)N.C=C(/N=C\N=C(C)CC)N1CCn2ncnc2C1. The zero-order chi connectivity index (χ0) is 22.7. The number of halogens is 1. The molecule has 1 aromatic heterocycles. The molecule has 0 aromatic carbocycles. The molecule has 0 saturated carbocycles. The van der Waals surface area contributed by atoms with Crippen molar-refractivity contribution in [1.29, 1.82) is 0 Å². The van der Waals surface area contributed by atoms with E-state index in [4.69, 9.17) is 10.5 Å². The van der Waals surface area contributed by atoms with E-state index < -0.39 is 0 Å². The van der Waals surface area contributed by atoms with E-state index in [1.165, 1.54) is 0 Å². The van der Waals surface area contributed by atoms with Gasteiger partial charge in [0.15, 0.2) is 0 Å². The lowest BCUT2D eigenvalue weighted by atomic mass is 10.2. The molecule has 2 rings (SSSR count). The Morgan fingerprint density at radius 1 is 1.37 bits per heavy atom. The second-order valence-corrected chi connectivity index (χ2v) is 7.51. The van der Waals surface area contributed by atoms with E-state index in [0.717, 1.165) is 36.9 Å². The highest BCUT2D eigenvalue weighted by Crippen LogP contribution is 2.15. The maximum absolute atomic E-state index is 13.1. The number of nitrogens with two attached hydrogens (primary N) is 1. The molecular formula is C21H36FN7O. The van der Waals surface area contributed by atoms with Crippen LogP contribution in [0.25, 0.3) is 0 Å². The van der Waals surface area contributed by atoms with Gasteiger partial charge >= 0.3 is 0 Å². The lowest BCUT2D eigenvalue weighted by molar-refractivity contribution is 0.139. The van der Waals surface area contributed by atoms with Crippen LogP contribution in [0.1, 0.15) is 60.2 Å². The molecule has 0 amide bonds. The largest absolute Gasteiger partial charge is 0.493 e. The van der Waals surface area contributed by atoms with Gasteiger partial charge in [-0.15, -0.1) is 0 Å². The number of allylic oxidation sites excluding steroid dienone is 1. The van der Waals surface area contributed by atoms with E-state index in [2.05, 4.69) is 38.5 Å². The van der Waals surface area contributed by atoms with Crippen LogP contribution in [-0.4, -0.2) is 50.4 Å². The van der Waals surface area contributed by atoms with Gasteiger partial charge in [-0.1, -0.05) is 13.5 Å². The molecule has 2 N–H and O–H groups in total. The molecule has 0 spiro atoms. The minimum atomic E-state index is -0.251. The number of aromatic nitrogens is 3. The summed E-state index contributed by atoms with van der Waals surface area (Å²) in [5.74, 6) is 1.77. The van der Waals surface area contributed by atoms with Crippen LogP contribution in [0, 0.1) is 0 Å². The summed E-state index contributed by atoms with van der Waals surface area (Å²) in [7, 11) is 0. The van der Waals surface area contributed by atoms with Gasteiger partial charge in [-0.2, -0.15) is 5.10 Å². The molecule has 0 bridgehead atoms. The molecule has 0 aliphatic carbocycles. The molecule has 30 heavy (non-hydrogen) atoms. The fourth-order valence-electron chi connectivity index (χ4n) is 2.49. The summed E-state index contributed by atoms with van der Waals surface area (Å²) in [5, 5.41) is 4.14. The number of hydrogen-bond donors (Lipinski definition) is 1. The van der Waals surface area contributed by atoms with E-state index in [1.807, 2.05) is 25.5 Å². The van der Waals surface area contributed by atoms with Gasteiger partial charge in [0, 0.05) is 24.7 Å². The molecule has 9 heteroatoms. The predicted octanol–water partition coefficient (Wildman–Crippen LogP) is 3.81. The van der Waals surface area contributed by atoms with Crippen LogP contribution in [0.5, 0.6) is 0 Å². The molecule has 1 atom stereocenters. The quantitative estimate of drug-likeness (QED) is 0.391. The van der Waals surface area contributed by atoms with E-state index >= 15 is 0 Å². The number of hydrogen-bond acceptors (Lipinski definition) is 6. The van der Waals surface area contributed by atoms with Crippen molar-refractivity contribution in [3.8, 4) is 0 Å². The molecule has 1 aliphatic heterocycles. The van der Waals surface area contributed by atoms with Gasteiger partial charge < -0.3 is 15.4 Å². The van der Waals surface area contributed by atoms with Crippen molar-refractivity contribution in [1.82, 2.24) is 19.7 Å². The van der Waals surface area contributed by atoms with Crippen LogP contribution in [0.2, 0.25) is 0 Å². The third-order valence-corrected chi connectivity index (χ3v) is 4.27. The Bertz CT molecular complexity index is 747. The van der Waals surface area contributed by atoms with Gasteiger partial charge in [0.1, 0.15) is 35.9 Å². The zero-order valence-electron chi connectivity index (χ0n) is 19.1. The lowest BCUT2D eigenvalue weighted by Gasteiger charge is -2.27. The predicted molar refractivity (Wildman–Crippen MR) is 120 cm³/mol. The number of aliphatic imine (C=N–C) groups is 2. The standard InChI is InChI=1S/C12H18N6.C9H18FNO/c1-4-10(2)13-8-14-11(3)17-5-6-18-12(7-17)15-9-16-18;1-6(2)12-8(4)9(10)5-7(3)11/h8-9H,3-7H2,1-2H3;6-7H,5,11H2,1-4H3/b13-10?,14-8-;9-8-. The monoisotopic (exact) mass is 421 g/mol. The minimum absolute atomic E-state index is 0.0174. The molecule has 2 heterocycles. The maximum atomic E-state index is 13.1. The smallest absolute Gasteiger partial charge is 0.146 e. The zero-order valence-corrected chi connectivity index (χ0v) is 19.1. The molecular weight excluding hydrogens is 385 g/mol. The molecule has 8 nitrogen and oxygen atoms in total. The molecule has 168 valence electrons. The summed E-state index contributed by atoms with van der Waals surface area (Å²) in [6.07, 6.45) is 4.35. The fraction of sp³-hybridized carbons (Fsp3) is 0.619. The third kappa shape index (κ3) is 9.30. The Morgan fingerprint density at radius 3 is 2.67 bits per heavy atom. The molecule has 1 aromatic rings.